The monoisotopic (exact) mass is 336 g/mol. The third kappa shape index (κ3) is 2.39. The van der Waals surface area contributed by atoms with Crippen LogP contribution in [0, 0.1) is 10.8 Å². The number of pyridine rings is 1. The summed E-state index contributed by atoms with van der Waals surface area (Å²) >= 11 is 3.44. The van der Waals surface area contributed by atoms with Gasteiger partial charge in [-0.3, -0.25) is 4.79 Å². The van der Waals surface area contributed by atoms with E-state index in [4.69, 9.17) is 0 Å². The standard InChI is InChI=1S/C16H21BrN2O/c1-15(2)7-11-8-16(3,9-15)10-19(11)14(20)13-12(17)5-4-6-18-13/h4-6,11H,7-10H2,1-3H3. The van der Waals surface area contributed by atoms with Gasteiger partial charge in [0.2, 0.25) is 0 Å². The van der Waals surface area contributed by atoms with Gasteiger partial charge < -0.3 is 4.90 Å². The van der Waals surface area contributed by atoms with Crippen molar-refractivity contribution in [2.24, 2.45) is 10.8 Å². The van der Waals surface area contributed by atoms with E-state index in [9.17, 15) is 4.79 Å². The molecule has 2 atom stereocenters. The van der Waals surface area contributed by atoms with Gasteiger partial charge in [-0.05, 0) is 58.2 Å². The fraction of sp³-hybridized carbons (Fsp3) is 0.625. The van der Waals surface area contributed by atoms with Crippen LogP contribution in [0.5, 0.6) is 0 Å². The Morgan fingerprint density at radius 3 is 2.85 bits per heavy atom. The Balaban J connectivity index is 1.89. The van der Waals surface area contributed by atoms with Gasteiger partial charge in [-0.2, -0.15) is 0 Å². The fourth-order valence-corrected chi connectivity index (χ4v) is 4.80. The Bertz CT molecular complexity index is 557. The summed E-state index contributed by atoms with van der Waals surface area (Å²) in [5.41, 5.74) is 1.14. The second-order valence-corrected chi connectivity index (χ2v) is 8.33. The van der Waals surface area contributed by atoms with E-state index >= 15 is 0 Å². The summed E-state index contributed by atoms with van der Waals surface area (Å²) in [6.45, 7) is 7.83. The minimum absolute atomic E-state index is 0.0731. The highest BCUT2D eigenvalue weighted by molar-refractivity contribution is 9.10. The van der Waals surface area contributed by atoms with Crippen LogP contribution in [0.25, 0.3) is 0 Å². The van der Waals surface area contributed by atoms with E-state index in [0.717, 1.165) is 23.9 Å². The second kappa shape index (κ2) is 4.55. The first-order valence-electron chi connectivity index (χ1n) is 7.21. The number of rotatable bonds is 1. The number of hydrogen-bond acceptors (Lipinski definition) is 2. The van der Waals surface area contributed by atoms with Gasteiger partial charge in [0.15, 0.2) is 0 Å². The SMILES string of the molecule is CC1(C)CC2CC(C)(CN2C(=O)c2ncccc2Br)C1. The van der Waals surface area contributed by atoms with Gasteiger partial charge in [0.1, 0.15) is 5.69 Å². The van der Waals surface area contributed by atoms with Crippen LogP contribution in [0.4, 0.5) is 0 Å². The molecule has 1 aliphatic heterocycles. The number of fused-ring (bicyclic) bond motifs is 2. The molecule has 0 N–H and O–H groups in total. The normalized spacial score (nSPS) is 31.4. The summed E-state index contributed by atoms with van der Waals surface area (Å²) in [5.74, 6) is 0.0731. The number of aromatic nitrogens is 1. The minimum Gasteiger partial charge on any atom is -0.334 e. The smallest absolute Gasteiger partial charge is 0.273 e. The van der Waals surface area contributed by atoms with Crippen molar-refractivity contribution >= 4 is 21.8 Å². The molecule has 3 nitrogen and oxygen atoms in total. The van der Waals surface area contributed by atoms with Crippen LogP contribution in [0.2, 0.25) is 0 Å². The summed E-state index contributed by atoms with van der Waals surface area (Å²) in [6, 6.07) is 4.09. The van der Waals surface area contributed by atoms with E-state index in [0.29, 0.717) is 17.2 Å². The summed E-state index contributed by atoms with van der Waals surface area (Å²) < 4.78 is 0.788. The van der Waals surface area contributed by atoms with Crippen molar-refractivity contribution in [3.05, 3.63) is 28.5 Å². The fourth-order valence-electron chi connectivity index (χ4n) is 4.38. The zero-order chi connectivity index (χ0) is 14.5. The number of hydrogen-bond donors (Lipinski definition) is 0. The maximum Gasteiger partial charge on any atom is 0.273 e. The minimum atomic E-state index is 0.0731. The molecule has 1 saturated heterocycles. The number of likely N-dealkylation sites (tertiary alicyclic amines) is 1. The second-order valence-electron chi connectivity index (χ2n) is 7.48. The van der Waals surface area contributed by atoms with Crippen molar-refractivity contribution in [1.82, 2.24) is 9.88 Å². The lowest BCUT2D eigenvalue weighted by molar-refractivity contribution is 0.0701. The van der Waals surface area contributed by atoms with Crippen LogP contribution < -0.4 is 0 Å². The van der Waals surface area contributed by atoms with Gasteiger partial charge in [0.25, 0.3) is 5.91 Å². The van der Waals surface area contributed by atoms with E-state index in [1.54, 1.807) is 6.20 Å². The largest absolute Gasteiger partial charge is 0.334 e. The van der Waals surface area contributed by atoms with Crippen LogP contribution in [-0.2, 0) is 0 Å². The summed E-state index contributed by atoms with van der Waals surface area (Å²) in [5, 5.41) is 0. The lowest BCUT2D eigenvalue weighted by Gasteiger charge is -2.39. The van der Waals surface area contributed by atoms with Crippen LogP contribution >= 0.6 is 15.9 Å². The molecular weight excluding hydrogens is 316 g/mol. The summed E-state index contributed by atoms with van der Waals surface area (Å²) in [7, 11) is 0. The topological polar surface area (TPSA) is 33.2 Å². The molecule has 2 fully saturated rings. The molecule has 108 valence electrons. The molecule has 0 radical (unpaired) electrons. The molecule has 2 unspecified atom stereocenters. The molecule has 4 heteroatoms. The average Bonchev–Trinajstić information content (AvgIpc) is 2.58. The van der Waals surface area contributed by atoms with Gasteiger partial charge in [-0.25, -0.2) is 4.98 Å². The zero-order valence-electron chi connectivity index (χ0n) is 12.3. The Kier molecular flexibility index (Phi) is 3.20. The van der Waals surface area contributed by atoms with Crippen molar-refractivity contribution in [3.63, 3.8) is 0 Å². The van der Waals surface area contributed by atoms with Crippen LogP contribution in [0.1, 0.15) is 50.5 Å². The third-order valence-corrected chi connectivity index (χ3v) is 5.28. The summed E-state index contributed by atoms with van der Waals surface area (Å²) in [4.78, 5) is 19.1. The maximum atomic E-state index is 12.8. The van der Waals surface area contributed by atoms with Crippen LogP contribution in [-0.4, -0.2) is 28.4 Å². The van der Waals surface area contributed by atoms with E-state index in [-0.39, 0.29) is 11.3 Å². The Morgan fingerprint density at radius 2 is 2.15 bits per heavy atom. The molecular formula is C16H21BrN2O. The van der Waals surface area contributed by atoms with Gasteiger partial charge in [0, 0.05) is 23.3 Å². The highest BCUT2D eigenvalue weighted by Crippen LogP contribution is 2.52. The zero-order valence-corrected chi connectivity index (χ0v) is 13.9. The Labute approximate surface area is 128 Å². The highest BCUT2D eigenvalue weighted by Gasteiger charge is 2.51. The van der Waals surface area contributed by atoms with E-state index in [1.807, 2.05) is 12.1 Å². The Morgan fingerprint density at radius 1 is 1.40 bits per heavy atom. The molecule has 2 bridgehead atoms. The van der Waals surface area contributed by atoms with Crippen LogP contribution in [0.15, 0.2) is 22.8 Å². The first kappa shape index (κ1) is 14.1. The first-order chi connectivity index (χ1) is 9.30. The van der Waals surface area contributed by atoms with Crippen molar-refractivity contribution in [2.45, 2.75) is 46.1 Å². The molecule has 2 aliphatic rings. The molecule has 1 aromatic heterocycles. The van der Waals surface area contributed by atoms with Gasteiger partial charge >= 0.3 is 0 Å². The predicted octanol–water partition coefficient (Wildman–Crippen LogP) is 3.88. The van der Waals surface area contributed by atoms with Crippen molar-refractivity contribution in [1.29, 1.82) is 0 Å². The van der Waals surface area contributed by atoms with Gasteiger partial charge in [-0.1, -0.05) is 20.8 Å². The predicted molar refractivity (Wildman–Crippen MR) is 82.5 cm³/mol. The number of carbonyl (C=O) groups excluding carboxylic acids is 1. The number of halogens is 1. The molecule has 1 aromatic rings. The number of amides is 1. The van der Waals surface area contributed by atoms with Gasteiger partial charge in [-0.15, -0.1) is 0 Å². The number of carbonyl (C=O) groups is 1. The van der Waals surface area contributed by atoms with Gasteiger partial charge in [0.05, 0.1) is 0 Å². The lowest BCUT2D eigenvalue weighted by atomic mass is 9.65. The molecule has 1 aliphatic carbocycles. The molecule has 1 saturated carbocycles. The number of nitrogens with zero attached hydrogens (tertiary/aromatic N) is 2. The van der Waals surface area contributed by atoms with E-state index < -0.39 is 0 Å². The summed E-state index contributed by atoms with van der Waals surface area (Å²) in [6.07, 6.45) is 5.11. The molecule has 20 heavy (non-hydrogen) atoms. The first-order valence-corrected chi connectivity index (χ1v) is 8.01. The van der Waals surface area contributed by atoms with Crippen molar-refractivity contribution in [2.75, 3.05) is 6.54 Å². The third-order valence-electron chi connectivity index (χ3n) is 4.64. The van der Waals surface area contributed by atoms with Crippen LogP contribution in [0.3, 0.4) is 0 Å². The maximum absolute atomic E-state index is 12.8. The van der Waals surface area contributed by atoms with E-state index in [2.05, 4.69) is 46.6 Å². The Hall–Kier alpha value is -0.900. The molecule has 3 rings (SSSR count). The average molecular weight is 337 g/mol. The highest BCUT2D eigenvalue weighted by atomic mass is 79.9. The lowest BCUT2D eigenvalue weighted by Crippen LogP contribution is -2.38. The molecule has 0 aromatic carbocycles. The quantitative estimate of drug-likeness (QED) is 0.779. The van der Waals surface area contributed by atoms with Crippen molar-refractivity contribution in [3.8, 4) is 0 Å². The molecule has 0 spiro atoms. The van der Waals surface area contributed by atoms with E-state index in [1.165, 1.54) is 6.42 Å². The van der Waals surface area contributed by atoms with Crippen molar-refractivity contribution < 1.29 is 4.79 Å². The molecule has 2 heterocycles. The molecule has 1 amide bonds.